The first-order valence-electron chi connectivity index (χ1n) is 22.2. The van der Waals surface area contributed by atoms with Crippen molar-refractivity contribution in [1.29, 1.82) is 0 Å². The van der Waals surface area contributed by atoms with Crippen molar-refractivity contribution < 1.29 is 0 Å². The second-order valence-electron chi connectivity index (χ2n) is 17.6. The fourth-order valence-corrected chi connectivity index (χ4v) is 12.0. The van der Waals surface area contributed by atoms with Crippen molar-refractivity contribution in [2.45, 2.75) is 17.8 Å². The normalized spacial score (nSPS) is 14.0. The van der Waals surface area contributed by atoms with E-state index in [-0.39, 0.29) is 5.41 Å². The molecule has 0 saturated carbocycles. The summed E-state index contributed by atoms with van der Waals surface area (Å²) >= 11 is 0. The van der Waals surface area contributed by atoms with Crippen LogP contribution in [-0.4, -0.2) is 0 Å². The summed E-state index contributed by atoms with van der Waals surface area (Å²) < 4.78 is 0. The van der Waals surface area contributed by atoms with Crippen LogP contribution in [0.15, 0.2) is 237 Å². The summed E-state index contributed by atoms with van der Waals surface area (Å²) in [5.74, 6) is 0. The van der Waals surface area contributed by atoms with E-state index in [1.807, 2.05) is 0 Å². The Balaban J connectivity index is 0.996. The summed E-state index contributed by atoms with van der Waals surface area (Å²) in [6.45, 7) is 2.17. The standard InChI is InChI=1S/C63H42/c1-41-17-12-18-42(37-41)44-20-14-23-47(39-44)62(55-31-7-2-25-50(55)51-26-3-8-32-56(51)62)48-24-15-21-45(40-48)43-19-13-22-46(38-43)49-30-16-36-60-61(49)54-29-6-11-35-59(54)63(60)57-33-9-4-27-52(57)53-28-5-10-34-58(53)63/h2-40H,1H3. The summed E-state index contributed by atoms with van der Waals surface area (Å²) in [6.07, 6.45) is 0. The van der Waals surface area contributed by atoms with E-state index in [2.05, 4.69) is 244 Å². The van der Waals surface area contributed by atoms with Gasteiger partial charge < -0.3 is 0 Å². The van der Waals surface area contributed by atoms with Crippen molar-refractivity contribution in [3.63, 3.8) is 0 Å². The van der Waals surface area contributed by atoms with E-state index >= 15 is 0 Å². The van der Waals surface area contributed by atoms with Crippen LogP contribution in [0.2, 0.25) is 0 Å². The topological polar surface area (TPSA) is 0 Å². The second-order valence-corrected chi connectivity index (χ2v) is 17.6. The highest BCUT2D eigenvalue weighted by Gasteiger charge is 2.52. The highest BCUT2D eigenvalue weighted by Crippen LogP contribution is 2.64. The third kappa shape index (κ3) is 4.92. The lowest BCUT2D eigenvalue weighted by Crippen LogP contribution is -2.28. The predicted molar refractivity (Wildman–Crippen MR) is 261 cm³/mol. The molecule has 0 bridgehead atoms. The van der Waals surface area contributed by atoms with Gasteiger partial charge in [0.1, 0.15) is 0 Å². The van der Waals surface area contributed by atoms with Gasteiger partial charge in [0.05, 0.1) is 10.8 Å². The Labute approximate surface area is 369 Å². The molecule has 10 aromatic carbocycles. The van der Waals surface area contributed by atoms with E-state index in [0.717, 1.165) is 0 Å². The molecule has 3 aliphatic carbocycles. The summed E-state index contributed by atoms with van der Waals surface area (Å²) in [4.78, 5) is 0. The van der Waals surface area contributed by atoms with E-state index in [1.54, 1.807) is 0 Å². The third-order valence-corrected chi connectivity index (χ3v) is 14.4. The van der Waals surface area contributed by atoms with Crippen LogP contribution in [0.4, 0.5) is 0 Å². The lowest BCUT2D eigenvalue weighted by atomic mass is 9.67. The Hall–Kier alpha value is -7.80. The van der Waals surface area contributed by atoms with Gasteiger partial charge in [-0.15, -0.1) is 0 Å². The number of hydrogen-bond acceptors (Lipinski definition) is 0. The maximum atomic E-state index is 2.46. The van der Waals surface area contributed by atoms with Crippen LogP contribution in [0, 0.1) is 6.92 Å². The molecule has 0 atom stereocenters. The molecule has 1 spiro atoms. The summed E-state index contributed by atoms with van der Waals surface area (Å²) in [6, 6.07) is 89.1. The smallest absolute Gasteiger partial charge is 0.0619 e. The van der Waals surface area contributed by atoms with E-state index in [0.29, 0.717) is 0 Å². The lowest BCUT2D eigenvalue weighted by molar-refractivity contribution is 0.769. The maximum absolute atomic E-state index is 2.46. The Morgan fingerprint density at radius 2 is 0.587 bits per heavy atom. The zero-order valence-electron chi connectivity index (χ0n) is 35.0. The van der Waals surface area contributed by atoms with Crippen molar-refractivity contribution in [3.05, 3.63) is 287 Å². The Kier molecular flexibility index (Phi) is 7.75. The van der Waals surface area contributed by atoms with E-state index in [9.17, 15) is 0 Å². The second kappa shape index (κ2) is 13.6. The molecule has 0 heterocycles. The molecule has 10 aromatic rings. The molecule has 0 saturated heterocycles. The van der Waals surface area contributed by atoms with Crippen LogP contribution in [-0.2, 0) is 10.8 Å². The number of benzene rings is 10. The van der Waals surface area contributed by atoms with Gasteiger partial charge in [-0.25, -0.2) is 0 Å². The highest BCUT2D eigenvalue weighted by atomic mass is 14.5. The molecule has 0 N–H and O–H groups in total. The molecule has 0 amide bonds. The maximum Gasteiger partial charge on any atom is 0.0725 e. The van der Waals surface area contributed by atoms with Crippen molar-refractivity contribution in [2.24, 2.45) is 0 Å². The van der Waals surface area contributed by atoms with Gasteiger partial charge in [0, 0.05) is 0 Å². The van der Waals surface area contributed by atoms with Crippen LogP contribution in [0.5, 0.6) is 0 Å². The molecule has 3 aliphatic rings. The largest absolute Gasteiger partial charge is 0.0725 e. The number of hydrogen-bond donors (Lipinski definition) is 0. The number of rotatable bonds is 5. The molecular weight excluding hydrogens is 757 g/mol. The monoisotopic (exact) mass is 798 g/mol. The minimum atomic E-state index is -0.521. The SMILES string of the molecule is Cc1cccc(-c2cccc(C3(c4cccc(-c5cccc(-c6cccc7c6-c6ccccc6C76c7ccccc7-c7ccccc76)c5)c4)c4ccccc4-c4ccccc43)c2)c1. The molecule has 0 nitrogen and oxygen atoms in total. The van der Waals surface area contributed by atoms with Crippen LogP contribution in [0.1, 0.15) is 50.1 Å². The first-order chi connectivity index (χ1) is 31.2. The molecular formula is C63H42. The average Bonchev–Trinajstić information content (AvgIpc) is 3.95. The van der Waals surface area contributed by atoms with Crippen molar-refractivity contribution >= 4 is 0 Å². The van der Waals surface area contributed by atoms with Gasteiger partial charge >= 0.3 is 0 Å². The number of fused-ring (bicyclic) bond motifs is 13. The Morgan fingerprint density at radius 3 is 1.11 bits per heavy atom. The number of aryl methyl sites for hydroxylation is 1. The third-order valence-electron chi connectivity index (χ3n) is 14.4. The summed E-state index contributed by atoms with van der Waals surface area (Å²) in [7, 11) is 0. The van der Waals surface area contributed by atoms with E-state index < -0.39 is 5.41 Å². The molecule has 63 heavy (non-hydrogen) atoms. The quantitative estimate of drug-likeness (QED) is 0.163. The predicted octanol–water partition coefficient (Wildman–Crippen LogP) is 15.7. The lowest BCUT2D eigenvalue weighted by Gasteiger charge is -2.34. The highest BCUT2D eigenvalue weighted by molar-refractivity contribution is 6.00. The molecule has 0 radical (unpaired) electrons. The molecule has 294 valence electrons. The zero-order valence-corrected chi connectivity index (χ0v) is 35.0. The molecule has 0 unspecified atom stereocenters. The van der Waals surface area contributed by atoms with Crippen LogP contribution in [0.3, 0.4) is 0 Å². The molecule has 0 fully saturated rings. The molecule has 0 heteroatoms. The van der Waals surface area contributed by atoms with Gasteiger partial charge in [-0.1, -0.05) is 224 Å². The summed E-state index contributed by atoms with van der Waals surface area (Å²) in [5.41, 5.74) is 26.2. The van der Waals surface area contributed by atoms with Crippen LogP contribution in [0.25, 0.3) is 66.8 Å². The summed E-state index contributed by atoms with van der Waals surface area (Å²) in [5, 5.41) is 0. The first-order valence-corrected chi connectivity index (χ1v) is 22.2. The van der Waals surface area contributed by atoms with Gasteiger partial charge in [-0.2, -0.15) is 0 Å². The van der Waals surface area contributed by atoms with Crippen LogP contribution >= 0.6 is 0 Å². The van der Waals surface area contributed by atoms with Gasteiger partial charge in [-0.3, -0.25) is 0 Å². The Morgan fingerprint density at radius 1 is 0.238 bits per heavy atom. The van der Waals surface area contributed by atoms with Crippen molar-refractivity contribution in [2.75, 3.05) is 0 Å². The van der Waals surface area contributed by atoms with Crippen molar-refractivity contribution in [1.82, 2.24) is 0 Å². The fraction of sp³-hybridized carbons (Fsp3) is 0.0476. The van der Waals surface area contributed by atoms with Gasteiger partial charge in [0.2, 0.25) is 0 Å². The molecule has 0 aromatic heterocycles. The first kappa shape index (κ1) is 35.9. The fourth-order valence-electron chi connectivity index (χ4n) is 12.0. The Bertz CT molecular complexity index is 3400. The van der Waals surface area contributed by atoms with Crippen molar-refractivity contribution in [3.8, 4) is 66.8 Å². The zero-order chi connectivity index (χ0) is 41.7. The minimum absolute atomic E-state index is 0.375. The van der Waals surface area contributed by atoms with E-state index in [1.165, 1.54) is 117 Å². The van der Waals surface area contributed by atoms with Crippen LogP contribution < -0.4 is 0 Å². The molecule has 0 aliphatic heterocycles. The van der Waals surface area contributed by atoms with Gasteiger partial charge in [0.25, 0.3) is 0 Å². The minimum Gasteiger partial charge on any atom is -0.0619 e. The van der Waals surface area contributed by atoms with E-state index in [4.69, 9.17) is 0 Å². The van der Waals surface area contributed by atoms with Gasteiger partial charge in [-0.05, 0) is 136 Å². The molecule has 13 rings (SSSR count). The average molecular weight is 799 g/mol. The van der Waals surface area contributed by atoms with Gasteiger partial charge in [0.15, 0.2) is 0 Å².